The lowest BCUT2D eigenvalue weighted by molar-refractivity contribution is -0.130. The van der Waals surface area contributed by atoms with Crippen LogP contribution < -0.4 is 5.32 Å². The maximum atomic E-state index is 12.4. The average Bonchev–Trinajstić information content (AvgIpc) is 3.08. The highest BCUT2D eigenvalue weighted by Gasteiger charge is 2.29. The van der Waals surface area contributed by atoms with E-state index >= 15 is 0 Å². The first-order valence-corrected chi connectivity index (χ1v) is 8.45. The number of hydrogen-bond donors (Lipinski definition) is 1. The van der Waals surface area contributed by atoms with E-state index in [1.807, 2.05) is 34.6 Å². The number of likely N-dealkylation sites (tertiary alicyclic amines) is 1. The van der Waals surface area contributed by atoms with Crippen molar-refractivity contribution in [3.8, 4) is 0 Å². The molecule has 2 fully saturated rings. The van der Waals surface area contributed by atoms with Crippen LogP contribution in [0.1, 0.15) is 24.3 Å². The van der Waals surface area contributed by atoms with E-state index in [-0.39, 0.29) is 24.8 Å². The van der Waals surface area contributed by atoms with Gasteiger partial charge >= 0.3 is 0 Å². The number of aryl methyl sites for hydroxylation is 1. The number of hydrogen-bond acceptors (Lipinski definition) is 4. The molecular weight excluding hydrogens is 343 g/mol. The molecule has 3 rings (SSSR count). The number of aromatic nitrogens is 2. The fourth-order valence-electron chi connectivity index (χ4n) is 3.00. The van der Waals surface area contributed by atoms with Crippen LogP contribution in [-0.2, 0) is 11.8 Å². The lowest BCUT2D eigenvalue weighted by atomic mass is 10.0. The van der Waals surface area contributed by atoms with Crippen LogP contribution >= 0.6 is 36.6 Å². The minimum atomic E-state index is 0. The molecule has 0 spiro atoms. The van der Waals surface area contributed by atoms with E-state index in [4.69, 9.17) is 0 Å². The summed E-state index contributed by atoms with van der Waals surface area (Å²) < 4.78 is 1.84. The molecule has 126 valence electrons. The van der Waals surface area contributed by atoms with Crippen LogP contribution in [0.25, 0.3) is 0 Å². The summed E-state index contributed by atoms with van der Waals surface area (Å²) in [6.45, 7) is 2.77. The third kappa shape index (κ3) is 4.78. The Morgan fingerprint density at radius 1 is 1.50 bits per heavy atom. The fraction of sp³-hybridized carbons (Fsp3) is 0.714. The molecule has 1 aromatic heterocycles. The SMILES string of the molecule is Cl.Cl.Cn1cc(C2CCN(C(=O)CC3CSCCN3)C2)cn1. The minimum Gasteiger partial charge on any atom is -0.342 e. The first-order chi connectivity index (χ1) is 9.72. The zero-order valence-electron chi connectivity index (χ0n) is 12.7. The van der Waals surface area contributed by atoms with Gasteiger partial charge in [-0.1, -0.05) is 0 Å². The van der Waals surface area contributed by atoms with Crippen molar-refractivity contribution in [2.75, 3.05) is 31.1 Å². The molecule has 0 aliphatic carbocycles. The van der Waals surface area contributed by atoms with E-state index in [1.54, 1.807) is 0 Å². The van der Waals surface area contributed by atoms with Crippen LogP contribution in [0.3, 0.4) is 0 Å². The predicted molar refractivity (Wildman–Crippen MR) is 95.4 cm³/mol. The quantitative estimate of drug-likeness (QED) is 0.883. The first-order valence-electron chi connectivity index (χ1n) is 7.30. The molecule has 2 aliphatic rings. The molecule has 1 N–H and O–H groups in total. The van der Waals surface area contributed by atoms with Crippen molar-refractivity contribution in [3.63, 3.8) is 0 Å². The molecule has 1 aromatic rings. The van der Waals surface area contributed by atoms with Crippen LogP contribution in [0.5, 0.6) is 0 Å². The second-order valence-corrected chi connectivity index (χ2v) is 6.85. The third-order valence-corrected chi connectivity index (χ3v) is 5.29. The number of halogens is 2. The fourth-order valence-corrected chi connectivity index (χ4v) is 3.95. The van der Waals surface area contributed by atoms with Gasteiger partial charge in [-0.2, -0.15) is 16.9 Å². The summed E-state index contributed by atoms with van der Waals surface area (Å²) in [5.41, 5.74) is 1.26. The van der Waals surface area contributed by atoms with Gasteiger partial charge in [-0.15, -0.1) is 24.8 Å². The summed E-state index contributed by atoms with van der Waals surface area (Å²) in [4.78, 5) is 14.4. The van der Waals surface area contributed by atoms with E-state index < -0.39 is 0 Å². The van der Waals surface area contributed by atoms with Crippen molar-refractivity contribution in [2.45, 2.75) is 24.8 Å². The van der Waals surface area contributed by atoms with Gasteiger partial charge in [0.05, 0.1) is 6.20 Å². The van der Waals surface area contributed by atoms with Gasteiger partial charge in [-0.25, -0.2) is 0 Å². The predicted octanol–water partition coefficient (Wildman–Crippen LogP) is 1.67. The molecule has 2 atom stereocenters. The number of nitrogens with one attached hydrogen (secondary N) is 1. The number of rotatable bonds is 3. The number of thioether (sulfide) groups is 1. The number of carbonyl (C=O) groups excluding carboxylic acids is 1. The Bertz CT molecular complexity index is 479. The Balaban J connectivity index is 0.00000121. The zero-order chi connectivity index (χ0) is 13.9. The highest BCUT2D eigenvalue weighted by Crippen LogP contribution is 2.27. The van der Waals surface area contributed by atoms with Crippen LogP contribution in [0.4, 0.5) is 0 Å². The highest BCUT2D eigenvalue weighted by atomic mass is 35.5. The molecule has 0 radical (unpaired) electrons. The summed E-state index contributed by atoms with van der Waals surface area (Å²) in [7, 11) is 1.94. The molecule has 3 heterocycles. The monoisotopic (exact) mass is 366 g/mol. The van der Waals surface area contributed by atoms with Gasteiger partial charge in [0.2, 0.25) is 5.91 Å². The standard InChI is InChI=1S/C14H22N4OS.2ClH/c1-17-8-12(7-16-17)11-2-4-18(9-11)14(19)6-13-10-20-5-3-15-13;;/h7-8,11,13,15H,2-6,9-10H2,1H3;2*1H. The Labute approximate surface area is 148 Å². The van der Waals surface area contributed by atoms with Gasteiger partial charge in [0.15, 0.2) is 0 Å². The molecule has 5 nitrogen and oxygen atoms in total. The molecule has 2 unspecified atom stereocenters. The van der Waals surface area contributed by atoms with E-state index in [1.165, 1.54) is 5.56 Å². The summed E-state index contributed by atoms with van der Waals surface area (Å²) in [5, 5.41) is 7.66. The summed E-state index contributed by atoms with van der Waals surface area (Å²) in [6.07, 6.45) is 5.70. The van der Waals surface area contributed by atoms with Crippen molar-refractivity contribution < 1.29 is 4.79 Å². The molecule has 2 saturated heterocycles. The maximum Gasteiger partial charge on any atom is 0.224 e. The van der Waals surface area contributed by atoms with Gasteiger partial charge in [-0.3, -0.25) is 9.48 Å². The van der Waals surface area contributed by atoms with Gasteiger partial charge in [0.1, 0.15) is 0 Å². The largest absolute Gasteiger partial charge is 0.342 e. The summed E-state index contributed by atoms with van der Waals surface area (Å²) >= 11 is 1.94. The van der Waals surface area contributed by atoms with Crippen molar-refractivity contribution in [3.05, 3.63) is 18.0 Å². The normalized spacial score (nSPS) is 24.5. The van der Waals surface area contributed by atoms with Crippen LogP contribution in [0.2, 0.25) is 0 Å². The molecule has 0 saturated carbocycles. The van der Waals surface area contributed by atoms with Crippen LogP contribution in [0, 0.1) is 0 Å². The van der Waals surface area contributed by atoms with Crippen molar-refractivity contribution in [1.29, 1.82) is 0 Å². The molecule has 8 heteroatoms. The molecule has 0 bridgehead atoms. The van der Waals surface area contributed by atoms with Gasteiger partial charge in [0, 0.05) is 62.8 Å². The van der Waals surface area contributed by atoms with Crippen molar-refractivity contribution in [2.24, 2.45) is 7.05 Å². The lowest BCUT2D eigenvalue weighted by Crippen LogP contribution is -2.42. The second-order valence-electron chi connectivity index (χ2n) is 5.70. The van der Waals surface area contributed by atoms with E-state index in [0.717, 1.165) is 37.6 Å². The highest BCUT2D eigenvalue weighted by molar-refractivity contribution is 7.99. The van der Waals surface area contributed by atoms with Crippen molar-refractivity contribution >= 4 is 42.5 Å². The van der Waals surface area contributed by atoms with E-state index in [0.29, 0.717) is 24.3 Å². The van der Waals surface area contributed by atoms with Gasteiger partial charge in [-0.05, 0) is 12.0 Å². The van der Waals surface area contributed by atoms with Crippen LogP contribution in [0.15, 0.2) is 12.4 Å². The van der Waals surface area contributed by atoms with E-state index in [9.17, 15) is 4.79 Å². The number of amides is 1. The second kappa shape index (κ2) is 9.01. The van der Waals surface area contributed by atoms with E-state index in [2.05, 4.69) is 16.6 Å². The molecule has 22 heavy (non-hydrogen) atoms. The molecule has 1 amide bonds. The third-order valence-electron chi connectivity index (χ3n) is 4.16. The topological polar surface area (TPSA) is 50.2 Å². The molecular formula is C14H24Cl2N4OS. The number of carbonyl (C=O) groups is 1. The van der Waals surface area contributed by atoms with Gasteiger partial charge in [0.25, 0.3) is 0 Å². The van der Waals surface area contributed by atoms with Crippen LogP contribution in [-0.4, -0.2) is 57.8 Å². The van der Waals surface area contributed by atoms with Crippen molar-refractivity contribution in [1.82, 2.24) is 20.0 Å². The Hall–Kier alpha value is -0.430. The summed E-state index contributed by atoms with van der Waals surface area (Å²) in [5.74, 6) is 2.99. The maximum absolute atomic E-state index is 12.4. The Morgan fingerprint density at radius 3 is 2.95 bits per heavy atom. The molecule has 0 aromatic carbocycles. The minimum absolute atomic E-state index is 0. The number of nitrogens with zero attached hydrogens (tertiary/aromatic N) is 3. The van der Waals surface area contributed by atoms with Gasteiger partial charge < -0.3 is 10.2 Å². The smallest absolute Gasteiger partial charge is 0.224 e. The summed E-state index contributed by atoms with van der Waals surface area (Å²) in [6, 6.07) is 0.360. The Morgan fingerprint density at radius 2 is 2.32 bits per heavy atom. The Kier molecular flexibility index (Phi) is 8.03. The zero-order valence-corrected chi connectivity index (χ0v) is 15.2. The first kappa shape index (κ1) is 19.6. The lowest BCUT2D eigenvalue weighted by Gasteiger charge is -2.25. The molecule has 2 aliphatic heterocycles. The average molecular weight is 367 g/mol.